The van der Waals surface area contributed by atoms with Crippen LogP contribution in [0.5, 0.6) is 0 Å². The molecule has 0 fully saturated rings. The third-order valence-electron chi connectivity index (χ3n) is 2.35. The van der Waals surface area contributed by atoms with E-state index in [1.165, 1.54) is 13.4 Å². The van der Waals surface area contributed by atoms with Crippen LogP contribution < -0.4 is 5.64 Å². The molecule has 0 amide bonds. The second kappa shape index (κ2) is 6.83. The second-order valence-electron chi connectivity index (χ2n) is 3.53. The van der Waals surface area contributed by atoms with Gasteiger partial charge in [0.1, 0.15) is 6.26 Å². The lowest BCUT2D eigenvalue weighted by Gasteiger charge is -2.05. The fraction of sp³-hybridized carbons (Fsp3) is 0.308. The van der Waals surface area contributed by atoms with Crippen LogP contribution in [-0.4, -0.2) is 12.9 Å². The number of rotatable bonds is 6. The van der Waals surface area contributed by atoms with E-state index in [0.717, 1.165) is 23.1 Å². The minimum Gasteiger partial charge on any atom is -0.391 e. The van der Waals surface area contributed by atoms with Gasteiger partial charge in [0.2, 0.25) is 0 Å². The first-order valence-electron chi connectivity index (χ1n) is 5.43. The van der Waals surface area contributed by atoms with Crippen molar-refractivity contribution in [1.29, 1.82) is 0 Å². The van der Waals surface area contributed by atoms with E-state index >= 15 is 0 Å². The maximum atomic E-state index is 11.4. The second-order valence-corrected chi connectivity index (χ2v) is 3.53. The maximum absolute atomic E-state index is 11.4. The molecule has 4 nitrogen and oxygen atoms in total. The van der Waals surface area contributed by atoms with Crippen LogP contribution in [0.25, 0.3) is 6.08 Å². The van der Waals surface area contributed by atoms with E-state index in [2.05, 4.69) is 10.5 Å². The van der Waals surface area contributed by atoms with Crippen LogP contribution in [0.2, 0.25) is 0 Å². The Morgan fingerprint density at radius 2 is 2.24 bits per heavy atom. The first kappa shape index (κ1) is 13.4. The number of aryl methyl sites for hydroxylation is 1. The highest BCUT2D eigenvalue weighted by atomic mass is 16.9. The summed E-state index contributed by atoms with van der Waals surface area (Å²) in [5.74, 6) is 0.0923. The Hall–Kier alpha value is -1.65. The Labute approximate surface area is 101 Å². The van der Waals surface area contributed by atoms with E-state index in [0.29, 0.717) is 0 Å². The molecule has 0 saturated carbocycles. The minimum absolute atomic E-state index is 0.0923. The molecule has 0 atom stereocenters. The van der Waals surface area contributed by atoms with Crippen molar-refractivity contribution in [3.8, 4) is 0 Å². The zero-order valence-electron chi connectivity index (χ0n) is 10.3. The van der Waals surface area contributed by atoms with E-state index in [1.807, 2.05) is 25.1 Å². The molecule has 0 unspecified atom stereocenters. The zero-order valence-corrected chi connectivity index (χ0v) is 10.3. The van der Waals surface area contributed by atoms with E-state index in [1.54, 1.807) is 13.0 Å². The van der Waals surface area contributed by atoms with Crippen molar-refractivity contribution in [3.05, 3.63) is 41.2 Å². The van der Waals surface area contributed by atoms with Gasteiger partial charge < -0.3 is 4.84 Å². The molecule has 0 radical (unpaired) electrons. The molecule has 1 rings (SSSR count). The van der Waals surface area contributed by atoms with Crippen molar-refractivity contribution >= 4 is 11.9 Å². The van der Waals surface area contributed by atoms with E-state index in [-0.39, 0.29) is 5.78 Å². The van der Waals surface area contributed by atoms with Crippen molar-refractivity contribution in [2.24, 2.45) is 0 Å². The predicted molar refractivity (Wildman–Crippen MR) is 66.1 cm³/mol. The van der Waals surface area contributed by atoms with Gasteiger partial charge >= 0.3 is 0 Å². The van der Waals surface area contributed by atoms with Crippen molar-refractivity contribution in [1.82, 2.24) is 5.64 Å². The summed E-state index contributed by atoms with van der Waals surface area (Å²) in [6.07, 6.45) is 4.09. The van der Waals surface area contributed by atoms with Gasteiger partial charge in [0.05, 0.1) is 7.11 Å². The van der Waals surface area contributed by atoms with Crippen LogP contribution >= 0.6 is 0 Å². The van der Waals surface area contributed by atoms with Crippen molar-refractivity contribution in [2.75, 3.05) is 7.11 Å². The Kier molecular flexibility index (Phi) is 5.39. The molecule has 1 aromatic rings. The molecule has 92 valence electrons. The van der Waals surface area contributed by atoms with Crippen molar-refractivity contribution in [2.45, 2.75) is 20.3 Å². The SMILES string of the molecule is CCc1cc(/C=C/ONOC)ccc1C(C)=O. The van der Waals surface area contributed by atoms with Crippen molar-refractivity contribution in [3.63, 3.8) is 0 Å². The fourth-order valence-corrected chi connectivity index (χ4v) is 1.54. The zero-order chi connectivity index (χ0) is 12.7. The maximum Gasteiger partial charge on any atom is 0.160 e. The molecule has 1 aromatic carbocycles. The number of carbonyl (C=O) groups excluding carboxylic acids is 1. The van der Waals surface area contributed by atoms with Crippen molar-refractivity contribution < 1.29 is 14.5 Å². The highest BCUT2D eigenvalue weighted by Crippen LogP contribution is 2.14. The number of hydrogen-bond donors (Lipinski definition) is 1. The van der Waals surface area contributed by atoms with Gasteiger partial charge in [-0.15, -0.1) is 0 Å². The molecule has 0 aliphatic heterocycles. The summed E-state index contributed by atoms with van der Waals surface area (Å²) in [6, 6.07) is 5.69. The molecule has 0 bridgehead atoms. The lowest BCUT2D eigenvalue weighted by atomic mass is 9.99. The summed E-state index contributed by atoms with van der Waals surface area (Å²) in [5, 5.41) is 0. The first-order chi connectivity index (χ1) is 8.19. The quantitative estimate of drug-likeness (QED) is 0.356. The van der Waals surface area contributed by atoms with Gasteiger partial charge in [0.15, 0.2) is 5.78 Å². The Morgan fingerprint density at radius 1 is 1.47 bits per heavy atom. The number of carbonyl (C=O) groups is 1. The summed E-state index contributed by atoms with van der Waals surface area (Å²) in [5.41, 5.74) is 5.03. The van der Waals surface area contributed by atoms with Crippen LogP contribution in [0.4, 0.5) is 0 Å². The van der Waals surface area contributed by atoms with Gasteiger partial charge in [0.25, 0.3) is 0 Å². The lowest BCUT2D eigenvalue weighted by molar-refractivity contribution is -0.109. The summed E-state index contributed by atoms with van der Waals surface area (Å²) in [4.78, 5) is 20.7. The predicted octanol–water partition coefficient (Wildman–Crippen LogP) is 2.50. The smallest absolute Gasteiger partial charge is 0.160 e. The Bertz CT molecular complexity index is 413. The van der Waals surface area contributed by atoms with Crippen LogP contribution in [0.3, 0.4) is 0 Å². The van der Waals surface area contributed by atoms with E-state index < -0.39 is 0 Å². The van der Waals surface area contributed by atoms with Gasteiger partial charge in [-0.25, -0.2) is 0 Å². The van der Waals surface area contributed by atoms with Crippen LogP contribution in [0, 0.1) is 0 Å². The number of Topliss-reactive ketones (excluding diaryl/α,β-unsaturated/α-hetero) is 1. The molecule has 0 aliphatic carbocycles. The molecule has 0 aliphatic rings. The topological polar surface area (TPSA) is 47.6 Å². The standard InChI is InChI=1S/C13H17NO3/c1-4-12-9-11(7-8-17-14-16-3)5-6-13(12)10(2)15/h5-9,14H,4H2,1-3H3/b8-7+. The number of benzene rings is 1. The largest absolute Gasteiger partial charge is 0.391 e. The van der Waals surface area contributed by atoms with Gasteiger partial charge in [-0.1, -0.05) is 25.1 Å². The molecule has 17 heavy (non-hydrogen) atoms. The number of nitrogens with one attached hydrogen (secondary N) is 1. The van der Waals surface area contributed by atoms with Gasteiger partial charge in [-0.05, 0) is 36.2 Å². The average Bonchev–Trinajstić information content (AvgIpc) is 2.34. The molecule has 1 N–H and O–H groups in total. The molecule has 0 heterocycles. The number of ketones is 1. The summed E-state index contributed by atoms with van der Waals surface area (Å²) in [7, 11) is 1.46. The third-order valence-corrected chi connectivity index (χ3v) is 2.35. The van der Waals surface area contributed by atoms with Gasteiger partial charge in [-0.2, -0.15) is 0 Å². The summed E-state index contributed by atoms with van der Waals surface area (Å²) < 4.78 is 0. The van der Waals surface area contributed by atoms with E-state index in [4.69, 9.17) is 4.84 Å². The molecule has 0 saturated heterocycles. The highest BCUT2D eigenvalue weighted by molar-refractivity contribution is 5.95. The first-order valence-corrected chi connectivity index (χ1v) is 5.43. The lowest BCUT2D eigenvalue weighted by Crippen LogP contribution is -2.07. The van der Waals surface area contributed by atoms with Gasteiger partial charge in [0, 0.05) is 5.56 Å². The van der Waals surface area contributed by atoms with Gasteiger partial charge in [-0.3, -0.25) is 9.63 Å². The fourth-order valence-electron chi connectivity index (χ4n) is 1.54. The molecular weight excluding hydrogens is 218 g/mol. The Morgan fingerprint density at radius 3 is 2.82 bits per heavy atom. The van der Waals surface area contributed by atoms with Crippen LogP contribution in [-0.2, 0) is 16.1 Å². The molecule has 4 heteroatoms. The number of hydrogen-bond acceptors (Lipinski definition) is 4. The molecule has 0 aromatic heterocycles. The summed E-state index contributed by atoms with van der Waals surface area (Å²) >= 11 is 0. The average molecular weight is 235 g/mol. The monoisotopic (exact) mass is 235 g/mol. The normalized spacial score (nSPS) is 10.8. The summed E-state index contributed by atoms with van der Waals surface area (Å²) in [6.45, 7) is 3.61. The molecule has 0 spiro atoms. The van der Waals surface area contributed by atoms with Crippen LogP contribution in [0.15, 0.2) is 24.5 Å². The third kappa shape index (κ3) is 4.01. The van der Waals surface area contributed by atoms with E-state index in [9.17, 15) is 4.79 Å². The highest BCUT2D eigenvalue weighted by Gasteiger charge is 2.05. The minimum atomic E-state index is 0.0923. The molecular formula is C13H17NO3. The van der Waals surface area contributed by atoms with Crippen LogP contribution in [0.1, 0.15) is 35.3 Å². The Balaban J connectivity index is 2.82.